The van der Waals surface area contributed by atoms with Crippen LogP contribution in [0.25, 0.3) is 0 Å². The van der Waals surface area contributed by atoms with Crippen molar-refractivity contribution >= 4 is 15.7 Å². The molecule has 0 aliphatic rings. The summed E-state index contributed by atoms with van der Waals surface area (Å²) < 4.78 is 96.9. The van der Waals surface area contributed by atoms with E-state index < -0.39 is 51.2 Å². The van der Waals surface area contributed by atoms with Crippen LogP contribution in [-0.4, -0.2) is 18.2 Å². The van der Waals surface area contributed by atoms with E-state index in [4.69, 9.17) is 0 Å². The van der Waals surface area contributed by atoms with Crippen molar-refractivity contribution in [3.8, 4) is 0 Å². The van der Waals surface area contributed by atoms with Gasteiger partial charge in [0.2, 0.25) is 5.82 Å². The Balaban J connectivity index is 1.97. The van der Waals surface area contributed by atoms with E-state index >= 15 is 0 Å². The summed E-state index contributed by atoms with van der Waals surface area (Å²) in [5.74, 6) is -10.3. The molecule has 31 heavy (non-hydrogen) atoms. The molecule has 0 atom stereocenters. The number of hydrogen-bond donors (Lipinski definition) is 1. The Morgan fingerprint density at radius 3 is 1.94 bits per heavy atom. The summed E-state index contributed by atoms with van der Waals surface area (Å²) in [7, 11) is -4.00. The molecular weight excluding hydrogens is 441 g/mol. The Kier molecular flexibility index (Phi) is 6.08. The third kappa shape index (κ3) is 4.14. The van der Waals surface area contributed by atoms with Crippen molar-refractivity contribution in [2.24, 2.45) is 0 Å². The Bertz CT molecular complexity index is 1230. The van der Waals surface area contributed by atoms with Crippen LogP contribution in [0.3, 0.4) is 0 Å². The fraction of sp³-hybridized carbons (Fsp3) is 0.250. The Morgan fingerprint density at radius 2 is 1.42 bits per heavy atom. The summed E-state index contributed by atoms with van der Waals surface area (Å²) in [5, 5.41) is 3.99. The van der Waals surface area contributed by atoms with Gasteiger partial charge in [-0.1, -0.05) is 19.1 Å². The molecule has 0 fully saturated rings. The first kappa shape index (κ1) is 22.7. The summed E-state index contributed by atoms with van der Waals surface area (Å²) in [4.78, 5) is -0.00369. The molecule has 5 nitrogen and oxygen atoms in total. The number of sulfonamides is 1. The van der Waals surface area contributed by atoms with Crippen LogP contribution >= 0.6 is 0 Å². The molecule has 0 aliphatic heterocycles. The summed E-state index contributed by atoms with van der Waals surface area (Å²) >= 11 is 0. The monoisotopic (exact) mass is 459 g/mol. The quantitative estimate of drug-likeness (QED) is 0.333. The Labute approximate surface area is 175 Å². The lowest BCUT2D eigenvalue weighted by atomic mass is 10.1. The largest absolute Gasteiger partial charge is 0.276 e. The molecular formula is C20H18F5N3O2S. The van der Waals surface area contributed by atoms with Crippen LogP contribution < -0.4 is 4.72 Å². The molecule has 3 aromatic rings. The topological polar surface area (TPSA) is 64.0 Å². The molecule has 11 heteroatoms. The van der Waals surface area contributed by atoms with Gasteiger partial charge in [-0.25, -0.2) is 30.4 Å². The highest BCUT2D eigenvalue weighted by atomic mass is 32.2. The third-order valence-corrected chi connectivity index (χ3v) is 6.23. The van der Waals surface area contributed by atoms with Gasteiger partial charge in [0.1, 0.15) is 0 Å². The van der Waals surface area contributed by atoms with Gasteiger partial charge in [-0.2, -0.15) is 5.10 Å². The molecule has 0 unspecified atom stereocenters. The van der Waals surface area contributed by atoms with Gasteiger partial charge in [-0.05, 0) is 38.0 Å². The normalized spacial score (nSPS) is 11.7. The second-order valence-electron chi connectivity index (χ2n) is 6.85. The summed E-state index contributed by atoms with van der Waals surface area (Å²) in [6.07, 6.45) is 0.733. The van der Waals surface area contributed by atoms with E-state index in [-0.39, 0.29) is 22.0 Å². The molecule has 1 N–H and O–H groups in total. The van der Waals surface area contributed by atoms with Crippen LogP contribution in [0.15, 0.2) is 29.2 Å². The third-order valence-electron chi connectivity index (χ3n) is 4.87. The summed E-state index contributed by atoms with van der Waals surface area (Å²) in [6.45, 7) is 3.99. The molecule has 0 aliphatic carbocycles. The molecule has 3 rings (SSSR count). The van der Waals surface area contributed by atoms with Crippen molar-refractivity contribution in [2.45, 2.75) is 38.6 Å². The van der Waals surface area contributed by atoms with E-state index in [0.717, 1.165) is 16.7 Å². The minimum absolute atomic E-state index is 0.00369. The lowest BCUT2D eigenvalue weighted by Gasteiger charge is -2.11. The number of halogens is 5. The number of nitrogens with zero attached hydrogens (tertiary/aromatic N) is 2. The van der Waals surface area contributed by atoms with Gasteiger partial charge in [0.05, 0.1) is 34.1 Å². The van der Waals surface area contributed by atoms with E-state index in [1.54, 1.807) is 12.1 Å². The molecule has 1 aromatic heterocycles. The molecule has 0 amide bonds. The number of anilines is 1. The summed E-state index contributed by atoms with van der Waals surface area (Å²) in [6, 6.07) is 6.21. The number of nitrogens with one attached hydrogen (secondary N) is 1. The van der Waals surface area contributed by atoms with Crippen LogP contribution in [0.2, 0.25) is 0 Å². The zero-order valence-electron chi connectivity index (χ0n) is 16.7. The molecule has 0 radical (unpaired) electrons. The highest BCUT2D eigenvalue weighted by molar-refractivity contribution is 7.92. The fourth-order valence-electron chi connectivity index (χ4n) is 3.04. The number of aryl methyl sites for hydroxylation is 2. The number of aromatic nitrogens is 2. The van der Waals surface area contributed by atoms with Crippen molar-refractivity contribution in [3.05, 3.63) is 75.9 Å². The molecule has 0 spiro atoms. The van der Waals surface area contributed by atoms with Gasteiger partial charge in [0, 0.05) is 0 Å². The van der Waals surface area contributed by atoms with Crippen LogP contribution in [0.4, 0.5) is 27.6 Å². The minimum Gasteiger partial charge on any atom is -0.276 e. The molecule has 2 aromatic carbocycles. The van der Waals surface area contributed by atoms with Crippen molar-refractivity contribution in [3.63, 3.8) is 0 Å². The average Bonchev–Trinajstić information content (AvgIpc) is 3.01. The van der Waals surface area contributed by atoms with Crippen LogP contribution in [0.5, 0.6) is 0 Å². The molecule has 0 bridgehead atoms. The van der Waals surface area contributed by atoms with E-state index in [1.807, 2.05) is 6.92 Å². The van der Waals surface area contributed by atoms with Gasteiger partial charge in [-0.3, -0.25) is 9.40 Å². The molecule has 1 heterocycles. The number of benzene rings is 2. The lowest BCUT2D eigenvalue weighted by Crippen LogP contribution is -2.15. The van der Waals surface area contributed by atoms with Crippen molar-refractivity contribution < 1.29 is 30.4 Å². The first-order valence-electron chi connectivity index (χ1n) is 9.14. The van der Waals surface area contributed by atoms with E-state index in [2.05, 4.69) is 9.82 Å². The van der Waals surface area contributed by atoms with Crippen molar-refractivity contribution in [1.29, 1.82) is 0 Å². The lowest BCUT2D eigenvalue weighted by molar-refractivity contribution is 0.366. The molecule has 0 saturated carbocycles. The smallest absolute Gasteiger partial charge is 0.262 e. The summed E-state index contributed by atoms with van der Waals surface area (Å²) in [5.41, 5.74) is 0.210. The molecule has 0 saturated heterocycles. The first-order valence-corrected chi connectivity index (χ1v) is 10.6. The first-order chi connectivity index (χ1) is 14.5. The van der Waals surface area contributed by atoms with Crippen LogP contribution in [-0.2, 0) is 23.0 Å². The highest BCUT2D eigenvalue weighted by Crippen LogP contribution is 2.27. The van der Waals surface area contributed by atoms with Gasteiger partial charge >= 0.3 is 0 Å². The maximum Gasteiger partial charge on any atom is 0.262 e. The fourth-order valence-corrected chi connectivity index (χ4v) is 4.21. The maximum atomic E-state index is 14.0. The number of rotatable bonds is 6. The van der Waals surface area contributed by atoms with Crippen molar-refractivity contribution in [1.82, 2.24) is 9.78 Å². The maximum absolute atomic E-state index is 14.0. The standard InChI is InChI=1S/C20H18F5N3O2S/c1-4-12-5-7-13(8-6-12)31(29,30)27-20-10(2)26-28(11(20)3)9-14-15(21)17(23)19(25)18(24)16(14)22/h5-8,27H,4,9H2,1-3H3. The Morgan fingerprint density at radius 1 is 0.903 bits per heavy atom. The predicted octanol–water partition coefficient (Wildman–Crippen LogP) is 4.61. The highest BCUT2D eigenvalue weighted by Gasteiger charge is 2.27. The average molecular weight is 459 g/mol. The van der Waals surface area contributed by atoms with Crippen molar-refractivity contribution in [2.75, 3.05) is 4.72 Å². The SMILES string of the molecule is CCc1ccc(S(=O)(=O)Nc2c(C)nn(Cc3c(F)c(F)c(F)c(F)c3F)c2C)cc1. The molecule has 166 valence electrons. The predicted molar refractivity (Wildman–Crippen MR) is 104 cm³/mol. The van der Waals surface area contributed by atoms with Gasteiger partial charge in [0.25, 0.3) is 10.0 Å². The van der Waals surface area contributed by atoms with E-state index in [1.165, 1.54) is 26.0 Å². The number of hydrogen-bond acceptors (Lipinski definition) is 3. The van der Waals surface area contributed by atoms with E-state index in [9.17, 15) is 30.4 Å². The van der Waals surface area contributed by atoms with Crippen LogP contribution in [0, 0.1) is 42.9 Å². The van der Waals surface area contributed by atoms with E-state index in [0.29, 0.717) is 0 Å². The van der Waals surface area contributed by atoms with Gasteiger partial charge < -0.3 is 0 Å². The van der Waals surface area contributed by atoms with Crippen LogP contribution in [0.1, 0.15) is 29.4 Å². The van der Waals surface area contributed by atoms with Gasteiger partial charge in [-0.15, -0.1) is 0 Å². The zero-order chi connectivity index (χ0) is 23.1. The Hall–Kier alpha value is -2.95. The minimum atomic E-state index is -4.00. The zero-order valence-corrected chi connectivity index (χ0v) is 17.5. The second kappa shape index (κ2) is 8.29. The second-order valence-corrected chi connectivity index (χ2v) is 8.54. The van der Waals surface area contributed by atoms with Gasteiger partial charge in [0.15, 0.2) is 23.3 Å².